The summed E-state index contributed by atoms with van der Waals surface area (Å²) in [7, 11) is 0. The highest BCUT2D eigenvalue weighted by Crippen LogP contribution is 2.17. The Labute approximate surface area is 153 Å². The quantitative estimate of drug-likeness (QED) is 0.775. The molecule has 7 nitrogen and oxygen atoms in total. The van der Waals surface area contributed by atoms with Crippen LogP contribution in [0.3, 0.4) is 0 Å². The summed E-state index contributed by atoms with van der Waals surface area (Å²) in [6, 6.07) is 8.29. The Balaban J connectivity index is 1.43. The number of benzene rings is 1. The van der Waals surface area contributed by atoms with Gasteiger partial charge in [-0.25, -0.2) is 0 Å². The normalized spacial score (nSPS) is 20.1. The maximum absolute atomic E-state index is 12.3. The van der Waals surface area contributed by atoms with Gasteiger partial charge in [0.25, 0.3) is 5.91 Å². The average molecular weight is 359 g/mol. The lowest BCUT2D eigenvalue weighted by molar-refractivity contribution is -0.144. The van der Waals surface area contributed by atoms with Gasteiger partial charge in [-0.2, -0.15) is 0 Å². The van der Waals surface area contributed by atoms with Crippen molar-refractivity contribution in [3.05, 3.63) is 29.8 Å². The highest BCUT2D eigenvalue weighted by molar-refractivity contribution is 6.38. The second-order valence-corrected chi connectivity index (χ2v) is 6.76. The molecule has 3 rings (SSSR count). The minimum Gasteiger partial charge on any atom is -0.370 e. The van der Waals surface area contributed by atoms with Crippen molar-refractivity contribution in [2.75, 3.05) is 44.2 Å². The van der Waals surface area contributed by atoms with Crippen LogP contribution in [0, 0.1) is 6.92 Å². The van der Waals surface area contributed by atoms with Crippen molar-refractivity contribution in [2.45, 2.75) is 25.9 Å². The van der Waals surface area contributed by atoms with Gasteiger partial charge in [0.05, 0.1) is 6.54 Å². The third-order valence-corrected chi connectivity index (χ3v) is 4.85. The van der Waals surface area contributed by atoms with Crippen molar-refractivity contribution in [1.29, 1.82) is 0 Å². The molecule has 1 atom stereocenters. The maximum atomic E-state index is 12.3. The number of anilines is 1. The van der Waals surface area contributed by atoms with Gasteiger partial charge in [-0.1, -0.05) is 12.1 Å². The molecule has 2 amide bonds. The molecule has 26 heavy (non-hydrogen) atoms. The topological polar surface area (TPSA) is 79.0 Å². The first-order valence-electron chi connectivity index (χ1n) is 9.07. The number of ketones is 1. The molecular formula is C19H25N3O4. The summed E-state index contributed by atoms with van der Waals surface area (Å²) in [6.45, 7) is 5.11. The molecule has 1 aromatic carbocycles. The Morgan fingerprint density at radius 1 is 1.19 bits per heavy atom. The van der Waals surface area contributed by atoms with E-state index in [2.05, 4.69) is 35.3 Å². The summed E-state index contributed by atoms with van der Waals surface area (Å²) < 4.78 is 5.21. The first-order chi connectivity index (χ1) is 12.5. The van der Waals surface area contributed by atoms with E-state index >= 15 is 0 Å². The molecule has 7 heteroatoms. The van der Waals surface area contributed by atoms with Gasteiger partial charge >= 0.3 is 0 Å². The molecule has 0 aliphatic carbocycles. The van der Waals surface area contributed by atoms with E-state index in [-0.39, 0.29) is 12.5 Å². The molecule has 2 aliphatic rings. The van der Waals surface area contributed by atoms with Crippen LogP contribution in [-0.2, 0) is 19.1 Å². The van der Waals surface area contributed by atoms with Gasteiger partial charge in [0.2, 0.25) is 11.7 Å². The van der Waals surface area contributed by atoms with Crippen LogP contribution in [0.5, 0.6) is 0 Å². The number of carbonyl (C=O) groups excluding carboxylic acids is 3. The summed E-state index contributed by atoms with van der Waals surface area (Å²) in [5.74, 6) is -1.48. The minimum atomic E-state index is -0.733. The standard InChI is InChI=1S/C19H25N3O4/c1-14-4-2-5-15(12-14)21-7-9-22(10-8-21)17(23)13-20-19(25)18(24)16-6-3-11-26-16/h2,4-5,12,16H,3,6-11,13H2,1H3,(H,20,25). The number of nitrogens with zero attached hydrogens (tertiary/aromatic N) is 2. The third-order valence-electron chi connectivity index (χ3n) is 4.85. The Kier molecular flexibility index (Phi) is 5.88. The minimum absolute atomic E-state index is 0.151. The van der Waals surface area contributed by atoms with Crippen LogP contribution in [0.2, 0.25) is 0 Å². The monoisotopic (exact) mass is 359 g/mol. The molecule has 1 N–H and O–H groups in total. The van der Waals surface area contributed by atoms with Gasteiger partial charge in [0.15, 0.2) is 0 Å². The zero-order chi connectivity index (χ0) is 18.5. The highest BCUT2D eigenvalue weighted by Gasteiger charge is 2.29. The molecule has 0 bridgehead atoms. The van der Waals surface area contributed by atoms with Crippen LogP contribution in [0.25, 0.3) is 0 Å². The molecule has 2 heterocycles. The lowest BCUT2D eigenvalue weighted by atomic mass is 10.1. The lowest BCUT2D eigenvalue weighted by Crippen LogP contribution is -2.52. The number of aryl methyl sites for hydroxylation is 1. The summed E-state index contributed by atoms with van der Waals surface area (Å²) in [5.41, 5.74) is 2.37. The van der Waals surface area contributed by atoms with Crippen LogP contribution in [0.4, 0.5) is 5.69 Å². The summed E-state index contributed by atoms with van der Waals surface area (Å²) >= 11 is 0. The van der Waals surface area contributed by atoms with Gasteiger partial charge in [0, 0.05) is 38.5 Å². The number of amides is 2. The molecule has 0 saturated carbocycles. The summed E-state index contributed by atoms with van der Waals surface area (Å²) in [5, 5.41) is 2.43. The van der Waals surface area contributed by atoms with Gasteiger partial charge in [0.1, 0.15) is 6.10 Å². The lowest BCUT2D eigenvalue weighted by Gasteiger charge is -2.36. The number of piperazine rings is 1. The molecule has 2 fully saturated rings. The molecular weight excluding hydrogens is 334 g/mol. The summed E-state index contributed by atoms with van der Waals surface area (Å²) in [4.78, 5) is 40.0. The smallest absolute Gasteiger partial charge is 0.290 e. The van der Waals surface area contributed by atoms with Crippen molar-refractivity contribution in [3.63, 3.8) is 0 Å². The molecule has 1 aromatic rings. The number of Topliss-reactive ketones (excluding diaryl/α,β-unsaturated/α-hetero) is 1. The fourth-order valence-corrected chi connectivity index (χ4v) is 3.32. The number of rotatable bonds is 5. The Morgan fingerprint density at radius 2 is 1.96 bits per heavy atom. The molecule has 1 unspecified atom stereocenters. The van der Waals surface area contributed by atoms with Crippen LogP contribution in [0.15, 0.2) is 24.3 Å². The average Bonchev–Trinajstić information content (AvgIpc) is 3.20. The zero-order valence-electron chi connectivity index (χ0n) is 15.1. The largest absolute Gasteiger partial charge is 0.370 e. The second-order valence-electron chi connectivity index (χ2n) is 6.76. The van der Waals surface area contributed by atoms with E-state index in [9.17, 15) is 14.4 Å². The Morgan fingerprint density at radius 3 is 2.62 bits per heavy atom. The molecule has 140 valence electrons. The highest BCUT2D eigenvalue weighted by atomic mass is 16.5. The second kappa shape index (κ2) is 8.31. The Hall–Kier alpha value is -2.41. The van der Waals surface area contributed by atoms with E-state index in [0.717, 1.165) is 25.2 Å². The third kappa shape index (κ3) is 4.40. The van der Waals surface area contributed by atoms with Crippen molar-refractivity contribution in [1.82, 2.24) is 10.2 Å². The first-order valence-corrected chi connectivity index (χ1v) is 9.07. The van der Waals surface area contributed by atoms with Crippen LogP contribution in [-0.4, -0.2) is 67.9 Å². The van der Waals surface area contributed by atoms with Gasteiger partial charge < -0.3 is 19.9 Å². The predicted molar refractivity (Wildman–Crippen MR) is 97.0 cm³/mol. The van der Waals surface area contributed by atoms with Gasteiger partial charge in [-0.15, -0.1) is 0 Å². The van der Waals surface area contributed by atoms with E-state index in [0.29, 0.717) is 26.1 Å². The SMILES string of the molecule is Cc1cccc(N2CCN(C(=O)CNC(=O)C(=O)C3CCCO3)CC2)c1. The van der Waals surface area contributed by atoms with E-state index in [1.165, 1.54) is 5.56 Å². The van der Waals surface area contributed by atoms with Crippen LogP contribution >= 0.6 is 0 Å². The van der Waals surface area contributed by atoms with Gasteiger partial charge in [-0.3, -0.25) is 14.4 Å². The van der Waals surface area contributed by atoms with Crippen molar-refractivity contribution in [2.24, 2.45) is 0 Å². The van der Waals surface area contributed by atoms with E-state index in [1.54, 1.807) is 4.90 Å². The zero-order valence-corrected chi connectivity index (χ0v) is 15.1. The van der Waals surface area contributed by atoms with Gasteiger partial charge in [-0.05, 0) is 37.5 Å². The summed E-state index contributed by atoms with van der Waals surface area (Å²) in [6.07, 6.45) is 0.706. The van der Waals surface area contributed by atoms with Crippen molar-refractivity contribution < 1.29 is 19.1 Å². The Bertz CT molecular complexity index is 677. The van der Waals surface area contributed by atoms with Crippen molar-refractivity contribution >= 4 is 23.3 Å². The van der Waals surface area contributed by atoms with Crippen LogP contribution in [0.1, 0.15) is 18.4 Å². The fraction of sp³-hybridized carbons (Fsp3) is 0.526. The number of carbonyl (C=O) groups is 3. The van der Waals surface area contributed by atoms with E-state index < -0.39 is 17.8 Å². The number of hydrogen-bond acceptors (Lipinski definition) is 5. The molecule has 2 aliphatic heterocycles. The van der Waals surface area contributed by atoms with E-state index in [4.69, 9.17) is 4.74 Å². The molecule has 0 radical (unpaired) electrons. The molecule has 2 saturated heterocycles. The molecule has 0 spiro atoms. The maximum Gasteiger partial charge on any atom is 0.290 e. The van der Waals surface area contributed by atoms with Crippen molar-refractivity contribution in [3.8, 4) is 0 Å². The van der Waals surface area contributed by atoms with E-state index in [1.807, 2.05) is 6.07 Å². The fourth-order valence-electron chi connectivity index (χ4n) is 3.32. The molecule has 0 aromatic heterocycles. The predicted octanol–water partition coefficient (Wildman–Crippen LogP) is 0.508. The van der Waals surface area contributed by atoms with Crippen LogP contribution < -0.4 is 10.2 Å². The number of ether oxygens (including phenoxy) is 1. The number of nitrogens with one attached hydrogen (secondary N) is 1. The first kappa shape index (κ1) is 18.4. The number of hydrogen-bond donors (Lipinski definition) is 1.